The summed E-state index contributed by atoms with van der Waals surface area (Å²) in [5, 5.41) is 2.76. The van der Waals surface area contributed by atoms with Crippen LogP contribution in [0.5, 0.6) is 0 Å². The maximum atomic E-state index is 13.1. The summed E-state index contributed by atoms with van der Waals surface area (Å²) in [4.78, 5) is 12.5. The van der Waals surface area contributed by atoms with Crippen molar-refractivity contribution in [2.24, 2.45) is 0 Å². The van der Waals surface area contributed by atoms with Crippen molar-refractivity contribution >= 4 is 38.5 Å². The monoisotopic (exact) mass is 488 g/mol. The van der Waals surface area contributed by atoms with Crippen LogP contribution < -0.4 is 5.32 Å². The second-order valence-electron chi connectivity index (χ2n) is 6.06. The highest BCUT2D eigenvalue weighted by Crippen LogP contribution is 2.21. The molecule has 0 unspecified atom stereocenters. The molecule has 138 valence electrons. The van der Waals surface area contributed by atoms with Gasteiger partial charge in [-0.15, -0.1) is 0 Å². The summed E-state index contributed by atoms with van der Waals surface area (Å²) in [6.45, 7) is 1.39. The summed E-state index contributed by atoms with van der Waals surface area (Å²) in [5.74, 6) is -0.691. The van der Waals surface area contributed by atoms with Crippen LogP contribution in [0.3, 0.4) is 0 Å². The third kappa shape index (κ3) is 4.24. The predicted octanol–water partition coefficient (Wildman–Crippen LogP) is 3.14. The van der Waals surface area contributed by atoms with Gasteiger partial charge in [-0.25, -0.2) is 12.8 Å². The van der Waals surface area contributed by atoms with Crippen molar-refractivity contribution in [3.05, 3.63) is 63.0 Å². The molecule has 1 aliphatic heterocycles. The second-order valence-corrected chi connectivity index (χ2v) is 9.16. The SMILES string of the molecule is O=C(NCc1ccc(S(=O)(=O)N2CCCC2)cc1)c1ccc(F)cc1I. The highest BCUT2D eigenvalue weighted by molar-refractivity contribution is 14.1. The highest BCUT2D eigenvalue weighted by atomic mass is 127. The van der Waals surface area contributed by atoms with Crippen molar-refractivity contribution in [3.8, 4) is 0 Å². The standard InChI is InChI=1S/C18H18FIN2O3S/c19-14-5-8-16(17(20)11-14)18(23)21-12-13-3-6-15(7-4-13)26(24,25)22-9-1-2-10-22/h3-8,11H,1-2,9-10,12H2,(H,21,23). The van der Waals surface area contributed by atoms with E-state index >= 15 is 0 Å². The van der Waals surface area contributed by atoms with Crippen LogP contribution in [0.15, 0.2) is 47.4 Å². The van der Waals surface area contributed by atoms with Gasteiger partial charge in [0.15, 0.2) is 0 Å². The number of nitrogens with one attached hydrogen (secondary N) is 1. The molecule has 0 saturated carbocycles. The van der Waals surface area contributed by atoms with E-state index in [1.807, 2.05) is 22.6 Å². The molecule has 0 aliphatic carbocycles. The predicted molar refractivity (Wildman–Crippen MR) is 105 cm³/mol. The zero-order valence-electron chi connectivity index (χ0n) is 13.9. The summed E-state index contributed by atoms with van der Waals surface area (Å²) in [6, 6.07) is 10.5. The van der Waals surface area contributed by atoms with Crippen molar-refractivity contribution in [2.75, 3.05) is 13.1 Å². The number of sulfonamides is 1. The Bertz CT molecular complexity index is 911. The summed E-state index contributed by atoms with van der Waals surface area (Å²) in [6.07, 6.45) is 1.79. The van der Waals surface area contributed by atoms with E-state index in [9.17, 15) is 17.6 Å². The maximum absolute atomic E-state index is 13.1. The number of rotatable bonds is 5. The third-order valence-corrected chi connectivity index (χ3v) is 7.06. The topological polar surface area (TPSA) is 66.5 Å². The molecule has 1 fully saturated rings. The van der Waals surface area contributed by atoms with E-state index in [2.05, 4.69) is 5.32 Å². The lowest BCUT2D eigenvalue weighted by Gasteiger charge is -2.15. The lowest BCUT2D eigenvalue weighted by molar-refractivity contribution is 0.0950. The minimum Gasteiger partial charge on any atom is -0.348 e. The summed E-state index contributed by atoms with van der Waals surface area (Å²) in [5.41, 5.74) is 1.19. The largest absolute Gasteiger partial charge is 0.348 e. The van der Waals surface area contributed by atoms with Gasteiger partial charge in [-0.3, -0.25) is 4.79 Å². The molecule has 1 N–H and O–H groups in total. The molecule has 1 amide bonds. The van der Waals surface area contributed by atoms with Gasteiger partial charge in [0, 0.05) is 23.2 Å². The molecule has 0 bridgehead atoms. The fourth-order valence-corrected chi connectivity index (χ4v) is 5.05. The van der Waals surface area contributed by atoms with Crippen LogP contribution in [0, 0.1) is 9.39 Å². The Balaban J connectivity index is 1.65. The third-order valence-electron chi connectivity index (χ3n) is 4.25. The number of nitrogens with zero attached hydrogens (tertiary/aromatic N) is 1. The molecule has 1 aliphatic rings. The number of hydrogen-bond acceptors (Lipinski definition) is 3. The van der Waals surface area contributed by atoms with Crippen molar-refractivity contribution in [1.29, 1.82) is 0 Å². The van der Waals surface area contributed by atoms with Crippen molar-refractivity contribution in [1.82, 2.24) is 9.62 Å². The van der Waals surface area contributed by atoms with Crippen molar-refractivity contribution in [2.45, 2.75) is 24.3 Å². The van der Waals surface area contributed by atoms with E-state index in [1.54, 1.807) is 24.3 Å². The Morgan fingerprint density at radius 2 is 1.77 bits per heavy atom. The molecule has 2 aromatic carbocycles. The first-order chi connectivity index (χ1) is 12.4. The van der Waals surface area contributed by atoms with Crippen LogP contribution >= 0.6 is 22.6 Å². The first kappa shape index (κ1) is 19.2. The number of carbonyl (C=O) groups excluding carboxylic acids is 1. The fourth-order valence-electron chi connectivity index (χ4n) is 2.81. The number of hydrogen-bond donors (Lipinski definition) is 1. The van der Waals surface area contributed by atoms with Gasteiger partial charge in [-0.1, -0.05) is 12.1 Å². The normalized spacial score (nSPS) is 15.2. The molecule has 1 saturated heterocycles. The van der Waals surface area contributed by atoms with Crippen LogP contribution in [0.4, 0.5) is 4.39 Å². The first-order valence-corrected chi connectivity index (χ1v) is 10.7. The quantitative estimate of drug-likeness (QED) is 0.658. The smallest absolute Gasteiger partial charge is 0.252 e. The minimum atomic E-state index is -3.43. The molecule has 26 heavy (non-hydrogen) atoms. The lowest BCUT2D eigenvalue weighted by atomic mass is 10.2. The van der Waals surface area contributed by atoms with Gasteiger partial charge in [0.25, 0.3) is 5.91 Å². The van der Waals surface area contributed by atoms with Crippen LogP contribution in [0.2, 0.25) is 0 Å². The molecule has 1 heterocycles. The molecular weight excluding hydrogens is 470 g/mol. The zero-order valence-corrected chi connectivity index (χ0v) is 16.9. The van der Waals surface area contributed by atoms with E-state index < -0.39 is 10.0 Å². The Hall–Kier alpha value is -1.52. The molecule has 0 spiro atoms. The number of carbonyl (C=O) groups is 1. The van der Waals surface area contributed by atoms with Gasteiger partial charge >= 0.3 is 0 Å². The van der Waals surface area contributed by atoms with E-state index in [0.29, 0.717) is 22.2 Å². The number of benzene rings is 2. The second kappa shape index (κ2) is 8.01. The van der Waals surface area contributed by atoms with Gasteiger partial charge in [-0.2, -0.15) is 4.31 Å². The Labute approximate surface area is 165 Å². The van der Waals surface area contributed by atoms with Gasteiger partial charge in [0.1, 0.15) is 5.82 Å². The minimum absolute atomic E-state index is 0.260. The van der Waals surface area contributed by atoms with Gasteiger partial charge < -0.3 is 5.32 Å². The van der Waals surface area contributed by atoms with Crippen LogP contribution in [-0.4, -0.2) is 31.7 Å². The van der Waals surface area contributed by atoms with E-state index in [1.165, 1.54) is 22.5 Å². The van der Waals surface area contributed by atoms with Crippen LogP contribution in [-0.2, 0) is 16.6 Å². The Kier molecular flexibility index (Phi) is 5.93. The van der Waals surface area contributed by atoms with Crippen molar-refractivity contribution in [3.63, 3.8) is 0 Å². The fraction of sp³-hybridized carbons (Fsp3) is 0.278. The van der Waals surface area contributed by atoms with E-state index in [-0.39, 0.29) is 23.2 Å². The number of amides is 1. The van der Waals surface area contributed by atoms with Crippen molar-refractivity contribution < 1.29 is 17.6 Å². The average molecular weight is 488 g/mol. The first-order valence-electron chi connectivity index (χ1n) is 8.20. The van der Waals surface area contributed by atoms with E-state index in [4.69, 9.17) is 0 Å². The van der Waals surface area contributed by atoms with Gasteiger partial charge in [0.2, 0.25) is 10.0 Å². The zero-order chi connectivity index (χ0) is 18.7. The van der Waals surface area contributed by atoms with Gasteiger partial charge in [0.05, 0.1) is 10.5 Å². The molecule has 0 atom stereocenters. The molecular formula is C18H18FIN2O3S. The molecule has 0 aromatic heterocycles. The summed E-state index contributed by atoms with van der Waals surface area (Å²) in [7, 11) is -3.43. The lowest BCUT2D eigenvalue weighted by Crippen LogP contribution is -2.28. The molecule has 2 aromatic rings. The van der Waals surface area contributed by atoms with Crippen LogP contribution in [0.25, 0.3) is 0 Å². The molecule has 3 rings (SSSR count). The molecule has 0 radical (unpaired) electrons. The molecule has 5 nitrogen and oxygen atoms in total. The Morgan fingerprint density at radius 3 is 2.38 bits per heavy atom. The van der Waals surface area contributed by atoms with Crippen LogP contribution in [0.1, 0.15) is 28.8 Å². The average Bonchev–Trinajstić information content (AvgIpc) is 3.15. The summed E-state index contributed by atoms with van der Waals surface area (Å²) < 4.78 is 40.1. The number of halogens is 2. The maximum Gasteiger partial charge on any atom is 0.252 e. The highest BCUT2D eigenvalue weighted by Gasteiger charge is 2.26. The van der Waals surface area contributed by atoms with E-state index in [0.717, 1.165) is 18.4 Å². The summed E-state index contributed by atoms with van der Waals surface area (Å²) >= 11 is 1.91. The Morgan fingerprint density at radius 1 is 1.12 bits per heavy atom. The van der Waals surface area contributed by atoms with Gasteiger partial charge in [-0.05, 0) is 71.3 Å². The molecule has 8 heteroatoms.